The fourth-order valence-electron chi connectivity index (χ4n) is 2.40. The number of hydrogen-bond acceptors (Lipinski definition) is 2. The van der Waals surface area contributed by atoms with E-state index in [1.807, 2.05) is 25.1 Å². The van der Waals surface area contributed by atoms with Gasteiger partial charge in [-0.15, -0.1) is 0 Å². The zero-order chi connectivity index (χ0) is 15.2. The van der Waals surface area contributed by atoms with E-state index in [-0.39, 0.29) is 12.1 Å². The summed E-state index contributed by atoms with van der Waals surface area (Å²) in [5, 5.41) is 14.4. The first kappa shape index (κ1) is 15.1. The molecule has 0 radical (unpaired) electrons. The van der Waals surface area contributed by atoms with Gasteiger partial charge in [0, 0.05) is 6.54 Å². The van der Waals surface area contributed by atoms with Crippen molar-refractivity contribution in [1.82, 2.24) is 10.6 Å². The normalized spacial score (nSPS) is 20.2. The van der Waals surface area contributed by atoms with Gasteiger partial charge in [0.1, 0.15) is 0 Å². The zero-order valence-electron chi connectivity index (χ0n) is 12.0. The molecule has 1 aliphatic carbocycles. The van der Waals surface area contributed by atoms with Gasteiger partial charge in [-0.1, -0.05) is 42.0 Å². The quantitative estimate of drug-likeness (QED) is 0.724. The standard InChI is InChI=1S/C16H20N2O3/c1-11-3-2-4-12(9-11)7-8-17-16(21)18-14-6-5-13(10-14)15(19)20/h2-6,9,13-14H,7-8,10H2,1H3,(H,19,20)(H2,17,18,21). The average molecular weight is 288 g/mol. The van der Waals surface area contributed by atoms with Crippen molar-refractivity contribution in [3.05, 3.63) is 47.5 Å². The van der Waals surface area contributed by atoms with Crippen LogP contribution in [-0.4, -0.2) is 29.7 Å². The number of rotatable bonds is 5. The van der Waals surface area contributed by atoms with E-state index >= 15 is 0 Å². The third-order valence-corrected chi connectivity index (χ3v) is 3.50. The number of urea groups is 1. The third-order valence-electron chi connectivity index (χ3n) is 3.50. The van der Waals surface area contributed by atoms with Gasteiger partial charge in [0.2, 0.25) is 0 Å². The lowest BCUT2D eigenvalue weighted by atomic mass is 10.1. The van der Waals surface area contributed by atoms with Crippen LogP contribution in [0.3, 0.4) is 0 Å². The summed E-state index contributed by atoms with van der Waals surface area (Å²) in [6.07, 6.45) is 4.55. The number of hydrogen-bond donors (Lipinski definition) is 3. The molecule has 0 aliphatic heterocycles. The second-order valence-electron chi connectivity index (χ2n) is 5.31. The predicted octanol–water partition coefficient (Wildman–Crippen LogP) is 1.87. The number of benzene rings is 1. The van der Waals surface area contributed by atoms with Gasteiger partial charge in [-0.3, -0.25) is 4.79 Å². The van der Waals surface area contributed by atoms with Crippen LogP contribution >= 0.6 is 0 Å². The Labute approximate surface area is 124 Å². The van der Waals surface area contributed by atoms with Crippen molar-refractivity contribution in [3.63, 3.8) is 0 Å². The molecular formula is C16H20N2O3. The van der Waals surface area contributed by atoms with Crippen molar-refractivity contribution in [2.24, 2.45) is 5.92 Å². The lowest BCUT2D eigenvalue weighted by Crippen LogP contribution is -2.41. The number of nitrogens with one attached hydrogen (secondary N) is 2. The molecule has 0 aromatic heterocycles. The van der Waals surface area contributed by atoms with E-state index in [1.165, 1.54) is 11.1 Å². The predicted molar refractivity (Wildman–Crippen MR) is 80.1 cm³/mol. The largest absolute Gasteiger partial charge is 0.481 e. The monoisotopic (exact) mass is 288 g/mol. The first-order valence-corrected chi connectivity index (χ1v) is 7.05. The van der Waals surface area contributed by atoms with Gasteiger partial charge in [0.05, 0.1) is 12.0 Å². The minimum absolute atomic E-state index is 0.204. The molecule has 0 bridgehead atoms. The Morgan fingerprint density at radius 2 is 2.14 bits per heavy atom. The Balaban J connectivity index is 1.69. The molecule has 3 N–H and O–H groups in total. The lowest BCUT2D eigenvalue weighted by Gasteiger charge is -2.13. The zero-order valence-corrected chi connectivity index (χ0v) is 12.0. The van der Waals surface area contributed by atoms with Gasteiger partial charge < -0.3 is 15.7 Å². The molecule has 1 aliphatic rings. The molecule has 2 rings (SSSR count). The number of carbonyl (C=O) groups excluding carboxylic acids is 1. The maximum absolute atomic E-state index is 11.7. The number of carbonyl (C=O) groups is 2. The second-order valence-corrected chi connectivity index (χ2v) is 5.31. The van der Waals surface area contributed by atoms with Crippen LogP contribution < -0.4 is 10.6 Å². The Hall–Kier alpha value is -2.30. The molecule has 2 unspecified atom stereocenters. The van der Waals surface area contributed by atoms with Crippen molar-refractivity contribution in [2.45, 2.75) is 25.8 Å². The first-order valence-electron chi connectivity index (χ1n) is 7.05. The van der Waals surface area contributed by atoms with E-state index in [4.69, 9.17) is 5.11 Å². The van der Waals surface area contributed by atoms with E-state index < -0.39 is 11.9 Å². The molecule has 0 saturated heterocycles. The smallest absolute Gasteiger partial charge is 0.315 e. The van der Waals surface area contributed by atoms with E-state index in [0.717, 1.165) is 6.42 Å². The highest BCUT2D eigenvalue weighted by molar-refractivity contribution is 5.76. The fourth-order valence-corrected chi connectivity index (χ4v) is 2.40. The maximum Gasteiger partial charge on any atom is 0.315 e. The summed E-state index contributed by atoms with van der Waals surface area (Å²) in [7, 11) is 0. The minimum atomic E-state index is -0.851. The summed E-state index contributed by atoms with van der Waals surface area (Å²) < 4.78 is 0. The molecule has 2 amide bonds. The highest BCUT2D eigenvalue weighted by atomic mass is 16.4. The molecule has 112 valence electrons. The molecule has 0 spiro atoms. The van der Waals surface area contributed by atoms with Crippen LogP contribution in [0.1, 0.15) is 17.5 Å². The average Bonchev–Trinajstić information content (AvgIpc) is 2.87. The Kier molecular flexibility index (Phi) is 4.98. The number of amides is 2. The second kappa shape index (κ2) is 6.92. The molecule has 0 fully saturated rings. The van der Waals surface area contributed by atoms with E-state index in [9.17, 15) is 9.59 Å². The molecule has 0 heterocycles. The molecule has 5 nitrogen and oxygen atoms in total. The number of aryl methyl sites for hydroxylation is 1. The van der Waals surface area contributed by atoms with E-state index in [1.54, 1.807) is 12.2 Å². The fraction of sp³-hybridized carbons (Fsp3) is 0.375. The van der Waals surface area contributed by atoms with Gasteiger partial charge in [-0.2, -0.15) is 0 Å². The third kappa shape index (κ3) is 4.63. The van der Waals surface area contributed by atoms with Crippen LogP contribution in [0.5, 0.6) is 0 Å². The Morgan fingerprint density at radius 3 is 2.81 bits per heavy atom. The Bertz CT molecular complexity index is 554. The van der Waals surface area contributed by atoms with Crippen LogP contribution in [0, 0.1) is 12.8 Å². The van der Waals surface area contributed by atoms with Gasteiger partial charge in [0.15, 0.2) is 0 Å². The topological polar surface area (TPSA) is 78.4 Å². The summed E-state index contributed by atoms with van der Waals surface area (Å²) in [6.45, 7) is 2.59. The van der Waals surface area contributed by atoms with Crippen LogP contribution in [0.2, 0.25) is 0 Å². The maximum atomic E-state index is 11.7. The van der Waals surface area contributed by atoms with Crippen LogP contribution in [-0.2, 0) is 11.2 Å². The number of aliphatic carboxylic acids is 1. The Morgan fingerprint density at radius 1 is 1.33 bits per heavy atom. The summed E-state index contributed by atoms with van der Waals surface area (Å²) in [5.41, 5.74) is 2.38. The van der Waals surface area contributed by atoms with Gasteiger partial charge in [0.25, 0.3) is 0 Å². The van der Waals surface area contributed by atoms with Crippen molar-refractivity contribution in [1.29, 1.82) is 0 Å². The van der Waals surface area contributed by atoms with Crippen molar-refractivity contribution < 1.29 is 14.7 Å². The summed E-state index contributed by atoms with van der Waals surface area (Å²) in [6, 6.07) is 7.70. The van der Waals surface area contributed by atoms with Gasteiger partial charge in [-0.05, 0) is 25.3 Å². The molecule has 0 saturated carbocycles. The summed E-state index contributed by atoms with van der Waals surface area (Å²) in [5.74, 6) is -1.35. The molecule has 1 aromatic carbocycles. The van der Waals surface area contributed by atoms with Crippen LogP contribution in [0.4, 0.5) is 4.79 Å². The van der Waals surface area contributed by atoms with E-state index in [2.05, 4.69) is 16.7 Å². The summed E-state index contributed by atoms with van der Waals surface area (Å²) >= 11 is 0. The van der Waals surface area contributed by atoms with Crippen LogP contribution in [0.15, 0.2) is 36.4 Å². The first-order chi connectivity index (χ1) is 10.0. The number of carboxylic acid groups (broad SMARTS) is 1. The molecule has 2 atom stereocenters. The van der Waals surface area contributed by atoms with Gasteiger partial charge in [-0.25, -0.2) is 4.79 Å². The van der Waals surface area contributed by atoms with Crippen molar-refractivity contribution >= 4 is 12.0 Å². The van der Waals surface area contributed by atoms with Crippen molar-refractivity contribution in [3.8, 4) is 0 Å². The van der Waals surface area contributed by atoms with Gasteiger partial charge >= 0.3 is 12.0 Å². The van der Waals surface area contributed by atoms with Crippen molar-refractivity contribution in [2.75, 3.05) is 6.54 Å². The number of carboxylic acids is 1. The molecule has 5 heteroatoms. The highest BCUT2D eigenvalue weighted by Crippen LogP contribution is 2.17. The SMILES string of the molecule is Cc1cccc(CCNC(=O)NC2C=CC(C(=O)O)C2)c1. The summed E-state index contributed by atoms with van der Waals surface area (Å²) in [4.78, 5) is 22.5. The highest BCUT2D eigenvalue weighted by Gasteiger charge is 2.25. The molecular weight excluding hydrogens is 268 g/mol. The molecule has 1 aromatic rings. The van der Waals surface area contributed by atoms with E-state index in [0.29, 0.717) is 13.0 Å². The lowest BCUT2D eigenvalue weighted by molar-refractivity contribution is -0.140. The minimum Gasteiger partial charge on any atom is -0.481 e. The molecule has 21 heavy (non-hydrogen) atoms. The van der Waals surface area contributed by atoms with Crippen LogP contribution in [0.25, 0.3) is 0 Å².